The molecule has 5 heteroatoms. The van der Waals surface area contributed by atoms with Gasteiger partial charge in [-0.3, -0.25) is 9.48 Å². The Kier molecular flexibility index (Phi) is 3.44. The van der Waals surface area contributed by atoms with Gasteiger partial charge in [0.05, 0.1) is 16.8 Å². The van der Waals surface area contributed by atoms with Crippen LogP contribution in [0, 0.1) is 0 Å². The molecule has 0 atom stereocenters. The number of hydrogen-bond donors (Lipinski definition) is 0. The second-order valence-corrected chi connectivity index (χ2v) is 3.99. The zero-order valence-corrected chi connectivity index (χ0v) is 10.0. The van der Waals surface area contributed by atoms with E-state index in [0.29, 0.717) is 29.2 Å². The average Bonchev–Trinajstić information content (AvgIpc) is 2.72. The van der Waals surface area contributed by atoms with E-state index in [1.807, 2.05) is 13.2 Å². The van der Waals surface area contributed by atoms with E-state index in [9.17, 15) is 4.79 Å². The van der Waals surface area contributed by atoms with Gasteiger partial charge in [0, 0.05) is 18.8 Å². The Balaban J connectivity index is 2.14. The Labute approximate surface area is 104 Å². The van der Waals surface area contributed by atoms with E-state index in [2.05, 4.69) is 5.10 Å². The van der Waals surface area contributed by atoms with Gasteiger partial charge in [0.1, 0.15) is 12.4 Å². The van der Waals surface area contributed by atoms with E-state index in [-0.39, 0.29) is 0 Å². The van der Waals surface area contributed by atoms with Gasteiger partial charge in [-0.25, -0.2) is 0 Å². The van der Waals surface area contributed by atoms with Crippen molar-refractivity contribution in [3.8, 4) is 5.75 Å². The average molecular weight is 251 g/mol. The molecular formula is C12H11ClN2O2. The van der Waals surface area contributed by atoms with Crippen LogP contribution in [0.3, 0.4) is 0 Å². The number of halogens is 1. The highest BCUT2D eigenvalue weighted by atomic mass is 35.5. The molecule has 0 N–H and O–H groups in total. The van der Waals surface area contributed by atoms with Gasteiger partial charge >= 0.3 is 0 Å². The van der Waals surface area contributed by atoms with Crippen LogP contribution in [0.5, 0.6) is 5.75 Å². The topological polar surface area (TPSA) is 44.1 Å². The highest BCUT2D eigenvalue weighted by Crippen LogP contribution is 2.25. The van der Waals surface area contributed by atoms with Crippen molar-refractivity contribution in [2.45, 2.75) is 6.61 Å². The summed E-state index contributed by atoms with van der Waals surface area (Å²) in [4.78, 5) is 10.9. The number of nitrogens with zero attached hydrogens (tertiary/aromatic N) is 2. The van der Waals surface area contributed by atoms with Crippen molar-refractivity contribution >= 4 is 17.9 Å². The number of aryl methyl sites for hydroxylation is 1. The zero-order chi connectivity index (χ0) is 12.3. The number of ether oxygens (including phenoxy) is 1. The molecule has 0 aliphatic rings. The van der Waals surface area contributed by atoms with Crippen LogP contribution in [0.1, 0.15) is 15.9 Å². The summed E-state index contributed by atoms with van der Waals surface area (Å²) in [5.74, 6) is 0.483. The number of carbonyl (C=O) groups excluding carboxylic acids is 1. The fourth-order valence-electron chi connectivity index (χ4n) is 1.46. The van der Waals surface area contributed by atoms with Gasteiger partial charge in [-0.1, -0.05) is 17.7 Å². The number of aromatic nitrogens is 2. The highest BCUT2D eigenvalue weighted by molar-refractivity contribution is 6.33. The summed E-state index contributed by atoms with van der Waals surface area (Å²) in [6, 6.07) is 5.11. The van der Waals surface area contributed by atoms with Gasteiger partial charge in [-0.2, -0.15) is 5.10 Å². The Bertz CT molecular complexity index is 537. The number of rotatable bonds is 4. The molecule has 17 heavy (non-hydrogen) atoms. The molecule has 4 nitrogen and oxygen atoms in total. The van der Waals surface area contributed by atoms with Crippen molar-refractivity contribution in [3.05, 3.63) is 46.7 Å². The van der Waals surface area contributed by atoms with E-state index >= 15 is 0 Å². The first-order valence-electron chi connectivity index (χ1n) is 5.04. The molecule has 2 rings (SSSR count). The van der Waals surface area contributed by atoms with Crippen LogP contribution in [0.25, 0.3) is 0 Å². The first-order chi connectivity index (χ1) is 8.20. The lowest BCUT2D eigenvalue weighted by atomic mass is 10.2. The van der Waals surface area contributed by atoms with Crippen LogP contribution in [-0.4, -0.2) is 16.1 Å². The maximum Gasteiger partial charge on any atom is 0.155 e. The lowest BCUT2D eigenvalue weighted by Gasteiger charge is -2.07. The molecule has 1 aromatic carbocycles. The van der Waals surface area contributed by atoms with Crippen LogP contribution in [-0.2, 0) is 13.7 Å². The molecule has 0 saturated heterocycles. The second-order valence-electron chi connectivity index (χ2n) is 3.58. The molecule has 0 unspecified atom stereocenters. The van der Waals surface area contributed by atoms with Crippen LogP contribution in [0.2, 0.25) is 5.02 Å². The number of aldehydes is 1. The SMILES string of the molecule is Cn1cc(COc2cccc(Cl)c2C=O)cn1. The first kappa shape index (κ1) is 11.7. The summed E-state index contributed by atoms with van der Waals surface area (Å²) in [6.45, 7) is 0.356. The van der Waals surface area contributed by atoms with Crippen molar-refractivity contribution in [1.82, 2.24) is 9.78 Å². The van der Waals surface area contributed by atoms with Gasteiger partial charge in [-0.15, -0.1) is 0 Å². The maximum absolute atomic E-state index is 10.9. The molecule has 0 saturated carbocycles. The molecule has 88 valence electrons. The normalized spacial score (nSPS) is 10.2. The van der Waals surface area contributed by atoms with Crippen LogP contribution in [0.4, 0.5) is 0 Å². The third-order valence-electron chi connectivity index (χ3n) is 2.28. The fourth-order valence-corrected chi connectivity index (χ4v) is 1.68. The summed E-state index contributed by atoms with van der Waals surface area (Å²) < 4.78 is 7.23. The molecule has 0 radical (unpaired) electrons. The van der Waals surface area contributed by atoms with Gasteiger partial charge in [0.15, 0.2) is 6.29 Å². The van der Waals surface area contributed by atoms with Gasteiger partial charge in [0.25, 0.3) is 0 Å². The summed E-state index contributed by atoms with van der Waals surface area (Å²) in [5, 5.41) is 4.42. The molecule has 1 heterocycles. The lowest BCUT2D eigenvalue weighted by Crippen LogP contribution is -1.98. The van der Waals surface area contributed by atoms with E-state index in [4.69, 9.17) is 16.3 Å². The van der Waals surface area contributed by atoms with Crippen LogP contribution in [0.15, 0.2) is 30.6 Å². The molecule has 2 aromatic rings. The third-order valence-corrected chi connectivity index (χ3v) is 2.61. The second kappa shape index (κ2) is 5.01. The third kappa shape index (κ3) is 2.65. The largest absolute Gasteiger partial charge is 0.488 e. The smallest absolute Gasteiger partial charge is 0.155 e. The summed E-state index contributed by atoms with van der Waals surface area (Å²) >= 11 is 5.89. The zero-order valence-electron chi connectivity index (χ0n) is 9.26. The molecule has 0 amide bonds. The van der Waals surface area contributed by atoms with Gasteiger partial charge in [0.2, 0.25) is 0 Å². The van der Waals surface area contributed by atoms with Crippen molar-refractivity contribution in [2.75, 3.05) is 0 Å². The summed E-state index contributed by atoms with van der Waals surface area (Å²) in [5.41, 5.74) is 1.31. The molecular weight excluding hydrogens is 240 g/mol. The van der Waals surface area contributed by atoms with Crippen molar-refractivity contribution in [2.24, 2.45) is 7.05 Å². The van der Waals surface area contributed by atoms with E-state index < -0.39 is 0 Å². The molecule has 0 fully saturated rings. The quantitative estimate of drug-likeness (QED) is 0.783. The summed E-state index contributed by atoms with van der Waals surface area (Å²) in [6.07, 6.45) is 4.26. The Hall–Kier alpha value is -1.81. The van der Waals surface area contributed by atoms with Gasteiger partial charge in [-0.05, 0) is 12.1 Å². The molecule has 0 bridgehead atoms. The predicted octanol–water partition coefficient (Wildman–Crippen LogP) is 2.47. The molecule has 0 spiro atoms. The monoisotopic (exact) mass is 250 g/mol. The van der Waals surface area contributed by atoms with E-state index in [1.165, 1.54) is 0 Å². The minimum absolute atomic E-state index is 0.356. The van der Waals surface area contributed by atoms with Gasteiger partial charge < -0.3 is 4.74 Å². The number of hydrogen-bond acceptors (Lipinski definition) is 3. The van der Waals surface area contributed by atoms with Crippen LogP contribution < -0.4 is 4.74 Å². The standard InChI is InChI=1S/C12H11ClN2O2/c1-15-6-9(5-14-15)8-17-12-4-2-3-11(13)10(12)7-16/h2-7H,8H2,1H3. The number of benzene rings is 1. The Morgan fingerprint density at radius 2 is 2.35 bits per heavy atom. The van der Waals surface area contributed by atoms with Crippen molar-refractivity contribution in [1.29, 1.82) is 0 Å². The minimum Gasteiger partial charge on any atom is -0.488 e. The van der Waals surface area contributed by atoms with Crippen LogP contribution >= 0.6 is 11.6 Å². The van der Waals surface area contributed by atoms with E-state index in [1.54, 1.807) is 29.1 Å². The Morgan fingerprint density at radius 1 is 1.53 bits per heavy atom. The predicted molar refractivity (Wildman–Crippen MR) is 64.4 cm³/mol. The molecule has 0 aliphatic heterocycles. The lowest BCUT2D eigenvalue weighted by molar-refractivity contribution is 0.111. The van der Waals surface area contributed by atoms with Crippen molar-refractivity contribution in [3.63, 3.8) is 0 Å². The highest BCUT2D eigenvalue weighted by Gasteiger charge is 2.07. The Morgan fingerprint density at radius 3 is 3.00 bits per heavy atom. The molecule has 1 aromatic heterocycles. The van der Waals surface area contributed by atoms with Crippen molar-refractivity contribution < 1.29 is 9.53 Å². The van der Waals surface area contributed by atoms with E-state index in [0.717, 1.165) is 5.56 Å². The maximum atomic E-state index is 10.9. The summed E-state index contributed by atoms with van der Waals surface area (Å²) in [7, 11) is 1.83. The molecule has 0 aliphatic carbocycles. The first-order valence-corrected chi connectivity index (χ1v) is 5.42. The number of carbonyl (C=O) groups is 1. The minimum atomic E-state index is 0.356. The fraction of sp³-hybridized carbons (Fsp3) is 0.167.